The summed E-state index contributed by atoms with van der Waals surface area (Å²) in [5.74, 6) is 0.781. The van der Waals surface area contributed by atoms with Gasteiger partial charge in [0.25, 0.3) is 5.56 Å². The Labute approximate surface area is 177 Å². The van der Waals surface area contributed by atoms with Crippen molar-refractivity contribution in [2.75, 3.05) is 23.3 Å². The summed E-state index contributed by atoms with van der Waals surface area (Å²) < 4.78 is 2.00. The molecule has 1 aliphatic heterocycles. The lowest BCUT2D eigenvalue weighted by atomic mass is 9.95. The Hall–Kier alpha value is -2.82. The molecule has 5 nitrogen and oxygen atoms in total. The van der Waals surface area contributed by atoms with Gasteiger partial charge in [-0.05, 0) is 62.4 Å². The second-order valence-corrected chi connectivity index (χ2v) is 8.68. The second kappa shape index (κ2) is 8.50. The average Bonchev–Trinajstić information content (AvgIpc) is 2.80. The Balaban J connectivity index is 1.41. The number of hydrogen-bond acceptors (Lipinski definition) is 4. The lowest BCUT2D eigenvalue weighted by Gasteiger charge is -2.28. The van der Waals surface area contributed by atoms with Crippen molar-refractivity contribution in [3.8, 4) is 0 Å². The summed E-state index contributed by atoms with van der Waals surface area (Å²) >= 11 is 0. The van der Waals surface area contributed by atoms with Gasteiger partial charge in [0, 0.05) is 54.2 Å². The monoisotopic (exact) mass is 402 g/mol. The van der Waals surface area contributed by atoms with Crippen LogP contribution in [-0.4, -0.2) is 22.6 Å². The van der Waals surface area contributed by atoms with E-state index in [1.807, 2.05) is 22.9 Å². The largest absolute Gasteiger partial charge is 0.372 e. The van der Waals surface area contributed by atoms with E-state index in [4.69, 9.17) is 0 Å². The van der Waals surface area contributed by atoms with Crippen molar-refractivity contribution in [2.24, 2.45) is 0 Å². The number of anilines is 3. The highest BCUT2D eigenvalue weighted by molar-refractivity contribution is 5.81. The molecule has 5 rings (SSSR count). The van der Waals surface area contributed by atoms with E-state index in [-0.39, 0.29) is 5.56 Å². The van der Waals surface area contributed by atoms with Crippen molar-refractivity contribution in [1.82, 2.24) is 9.55 Å². The van der Waals surface area contributed by atoms with Crippen LogP contribution in [0.4, 0.5) is 17.2 Å². The molecule has 1 aliphatic carbocycles. The van der Waals surface area contributed by atoms with Crippen molar-refractivity contribution >= 4 is 28.1 Å². The molecular weight excluding hydrogens is 372 g/mol. The summed E-state index contributed by atoms with van der Waals surface area (Å²) in [6, 6.07) is 14.5. The van der Waals surface area contributed by atoms with Crippen molar-refractivity contribution < 1.29 is 0 Å². The van der Waals surface area contributed by atoms with Crippen LogP contribution in [0.25, 0.3) is 10.9 Å². The molecular formula is C25H30N4O. The second-order valence-electron chi connectivity index (χ2n) is 8.68. The third-order valence-electron chi connectivity index (χ3n) is 6.62. The van der Waals surface area contributed by atoms with Crippen molar-refractivity contribution in [3.63, 3.8) is 0 Å². The summed E-state index contributed by atoms with van der Waals surface area (Å²) in [5, 5.41) is 4.45. The van der Waals surface area contributed by atoms with Gasteiger partial charge in [0.2, 0.25) is 0 Å². The molecule has 0 spiro atoms. The zero-order chi connectivity index (χ0) is 20.3. The van der Waals surface area contributed by atoms with E-state index in [0.29, 0.717) is 6.04 Å². The fourth-order valence-corrected chi connectivity index (χ4v) is 4.99. The van der Waals surface area contributed by atoms with Gasteiger partial charge in [-0.3, -0.25) is 4.79 Å². The molecule has 1 N–H and O–H groups in total. The molecule has 30 heavy (non-hydrogen) atoms. The van der Waals surface area contributed by atoms with Gasteiger partial charge < -0.3 is 14.8 Å². The maximum absolute atomic E-state index is 12.7. The summed E-state index contributed by atoms with van der Waals surface area (Å²) in [7, 11) is 0. The summed E-state index contributed by atoms with van der Waals surface area (Å²) in [6.45, 7) is 2.30. The number of aromatic nitrogens is 2. The van der Waals surface area contributed by atoms with Crippen LogP contribution in [0.2, 0.25) is 0 Å². The van der Waals surface area contributed by atoms with Crippen LogP contribution in [0.3, 0.4) is 0 Å². The van der Waals surface area contributed by atoms with Crippen molar-refractivity contribution in [3.05, 3.63) is 59.0 Å². The van der Waals surface area contributed by atoms with Crippen LogP contribution in [0.15, 0.2) is 53.5 Å². The highest BCUT2D eigenvalue weighted by atomic mass is 16.1. The number of hydrogen-bond donors (Lipinski definition) is 1. The molecule has 0 unspecified atom stereocenters. The van der Waals surface area contributed by atoms with Crippen LogP contribution < -0.4 is 15.8 Å². The Kier molecular flexibility index (Phi) is 5.43. The number of fused-ring (bicyclic) bond motifs is 1. The fourth-order valence-electron chi connectivity index (χ4n) is 4.99. The first-order chi connectivity index (χ1) is 14.8. The SMILES string of the molecule is O=c1ccc2cnc(Nc3ccc(N4CCCCC4)cc3)cc2n1C1CCCCC1. The van der Waals surface area contributed by atoms with Crippen LogP contribution in [0.1, 0.15) is 57.4 Å². The maximum atomic E-state index is 12.7. The van der Waals surface area contributed by atoms with Crippen molar-refractivity contribution in [2.45, 2.75) is 57.4 Å². The molecule has 0 atom stereocenters. The van der Waals surface area contributed by atoms with E-state index < -0.39 is 0 Å². The van der Waals surface area contributed by atoms with Crippen molar-refractivity contribution in [1.29, 1.82) is 0 Å². The number of benzene rings is 1. The smallest absolute Gasteiger partial charge is 0.251 e. The zero-order valence-corrected chi connectivity index (χ0v) is 17.5. The van der Waals surface area contributed by atoms with Gasteiger partial charge in [0.05, 0.1) is 5.52 Å². The Bertz CT molecular complexity index is 1060. The highest BCUT2D eigenvalue weighted by Gasteiger charge is 2.18. The summed E-state index contributed by atoms with van der Waals surface area (Å²) in [5.41, 5.74) is 3.39. The first-order valence-corrected chi connectivity index (χ1v) is 11.4. The number of nitrogens with zero attached hydrogens (tertiary/aromatic N) is 3. The van der Waals surface area contributed by atoms with Crippen LogP contribution in [0.5, 0.6) is 0 Å². The van der Waals surface area contributed by atoms with Crippen LogP contribution in [-0.2, 0) is 0 Å². The molecule has 3 heterocycles. The van der Waals surface area contributed by atoms with E-state index in [9.17, 15) is 4.79 Å². The molecule has 0 bridgehead atoms. The van der Waals surface area contributed by atoms with E-state index in [1.54, 1.807) is 6.07 Å². The van der Waals surface area contributed by atoms with Gasteiger partial charge >= 0.3 is 0 Å². The zero-order valence-electron chi connectivity index (χ0n) is 17.5. The Morgan fingerprint density at radius 3 is 2.37 bits per heavy atom. The summed E-state index contributed by atoms with van der Waals surface area (Å²) in [6.07, 6.45) is 11.6. The van der Waals surface area contributed by atoms with E-state index in [1.165, 1.54) is 44.2 Å². The Morgan fingerprint density at radius 2 is 1.60 bits per heavy atom. The highest BCUT2D eigenvalue weighted by Crippen LogP contribution is 2.30. The van der Waals surface area contributed by atoms with Gasteiger partial charge in [0.1, 0.15) is 5.82 Å². The molecule has 1 saturated carbocycles. The summed E-state index contributed by atoms with van der Waals surface area (Å²) in [4.78, 5) is 19.8. The number of nitrogens with one attached hydrogen (secondary N) is 1. The minimum atomic E-state index is 0.0948. The molecule has 2 aliphatic rings. The maximum Gasteiger partial charge on any atom is 0.251 e. The predicted octanol–water partition coefficient (Wildman–Crippen LogP) is 5.64. The molecule has 2 fully saturated rings. The molecule has 0 radical (unpaired) electrons. The molecule has 3 aromatic rings. The first-order valence-electron chi connectivity index (χ1n) is 11.4. The average molecular weight is 403 g/mol. The third kappa shape index (κ3) is 3.93. The molecule has 1 saturated heterocycles. The number of pyridine rings is 2. The van der Waals surface area contributed by atoms with Gasteiger partial charge in [-0.1, -0.05) is 19.3 Å². The standard InChI is InChI=1S/C25H30N4O/c30-25-14-9-19-18-26-24(17-23(19)29(25)22-7-3-1-4-8-22)27-20-10-12-21(13-11-20)28-15-5-2-6-16-28/h9-14,17-18,22H,1-8,15-16H2,(H,26,27). The lowest BCUT2D eigenvalue weighted by Crippen LogP contribution is -2.29. The van der Waals surface area contributed by atoms with Gasteiger partial charge in [-0.15, -0.1) is 0 Å². The Morgan fingerprint density at radius 1 is 0.867 bits per heavy atom. The van der Waals surface area contributed by atoms with Gasteiger partial charge in [-0.2, -0.15) is 0 Å². The fraction of sp³-hybridized carbons (Fsp3) is 0.440. The molecule has 1 aromatic carbocycles. The minimum absolute atomic E-state index is 0.0948. The predicted molar refractivity (Wildman–Crippen MR) is 124 cm³/mol. The molecule has 2 aromatic heterocycles. The first kappa shape index (κ1) is 19.2. The van der Waals surface area contributed by atoms with E-state index in [0.717, 1.165) is 48.3 Å². The molecule has 156 valence electrons. The van der Waals surface area contributed by atoms with Crippen LogP contribution >= 0.6 is 0 Å². The number of rotatable bonds is 4. The van der Waals surface area contributed by atoms with E-state index in [2.05, 4.69) is 39.5 Å². The third-order valence-corrected chi connectivity index (χ3v) is 6.62. The van der Waals surface area contributed by atoms with E-state index >= 15 is 0 Å². The minimum Gasteiger partial charge on any atom is -0.372 e. The quantitative estimate of drug-likeness (QED) is 0.614. The number of piperidine rings is 1. The molecule has 5 heteroatoms. The molecule has 0 amide bonds. The normalized spacial score (nSPS) is 17.9. The lowest BCUT2D eigenvalue weighted by molar-refractivity contribution is 0.354. The van der Waals surface area contributed by atoms with Gasteiger partial charge in [-0.25, -0.2) is 4.98 Å². The van der Waals surface area contributed by atoms with Crippen LogP contribution in [0, 0.1) is 0 Å². The van der Waals surface area contributed by atoms with Gasteiger partial charge in [0.15, 0.2) is 0 Å². The topological polar surface area (TPSA) is 50.2 Å².